The maximum atomic E-state index is 14.1. The van der Waals surface area contributed by atoms with Crippen LogP contribution in [0.4, 0.5) is 10.5 Å². The first-order valence-electron chi connectivity index (χ1n) is 12.7. The molecule has 2 unspecified atom stereocenters. The summed E-state index contributed by atoms with van der Waals surface area (Å²) in [5.74, 6) is -0.949. The maximum absolute atomic E-state index is 14.1. The minimum Gasteiger partial charge on any atom is -0.508 e. The number of hydrogen-bond acceptors (Lipinski definition) is 5. The second-order valence-electron chi connectivity index (χ2n) is 10.9. The average molecular weight is 512 g/mol. The molecule has 8 heteroatoms. The molecule has 2 aromatic carbocycles. The van der Waals surface area contributed by atoms with Crippen LogP contribution in [-0.4, -0.2) is 45.6 Å². The number of hydrogen-bond donors (Lipinski definition) is 3. The molecule has 202 valence electrons. The van der Waals surface area contributed by atoms with Crippen LogP contribution in [0.25, 0.3) is 0 Å². The Morgan fingerprint density at radius 3 is 2.11 bits per heavy atom. The summed E-state index contributed by atoms with van der Waals surface area (Å²) in [5.41, 5.74) is 1.02. The molecule has 0 spiro atoms. The Hall–Kier alpha value is -3.55. The molecule has 0 saturated heterocycles. The lowest BCUT2D eigenvalue weighted by Crippen LogP contribution is -2.54. The number of ether oxygens (including phenoxy) is 1. The topological polar surface area (TPSA) is 108 Å². The highest BCUT2D eigenvalue weighted by atomic mass is 16.6. The van der Waals surface area contributed by atoms with E-state index in [4.69, 9.17) is 4.74 Å². The molecular formula is C29H41N3O5. The summed E-state index contributed by atoms with van der Waals surface area (Å²) in [5, 5.41) is 16.3. The number of nitrogens with zero attached hydrogens (tertiary/aromatic N) is 1. The van der Waals surface area contributed by atoms with E-state index in [1.807, 2.05) is 39.0 Å². The second-order valence-corrected chi connectivity index (χ2v) is 10.9. The Bertz CT molecular complexity index is 1090. The van der Waals surface area contributed by atoms with Gasteiger partial charge in [-0.2, -0.15) is 0 Å². The van der Waals surface area contributed by atoms with Crippen molar-refractivity contribution < 1.29 is 24.2 Å². The molecule has 0 heterocycles. The van der Waals surface area contributed by atoms with Crippen molar-refractivity contribution in [2.45, 2.75) is 85.5 Å². The number of anilines is 1. The van der Waals surface area contributed by atoms with E-state index >= 15 is 0 Å². The van der Waals surface area contributed by atoms with E-state index < -0.39 is 41.6 Å². The number of rotatable bonds is 9. The smallest absolute Gasteiger partial charge is 0.408 e. The number of amides is 3. The zero-order valence-corrected chi connectivity index (χ0v) is 23.2. The predicted molar refractivity (Wildman–Crippen MR) is 145 cm³/mol. The average Bonchev–Trinajstić information content (AvgIpc) is 2.77. The fourth-order valence-electron chi connectivity index (χ4n) is 4.05. The number of phenolic OH excluding ortho intramolecular Hbond substituents is 1. The third-order valence-corrected chi connectivity index (χ3v) is 5.67. The first-order valence-corrected chi connectivity index (χ1v) is 12.7. The van der Waals surface area contributed by atoms with E-state index in [1.54, 1.807) is 58.9 Å². The molecule has 0 saturated carbocycles. The van der Waals surface area contributed by atoms with E-state index in [0.29, 0.717) is 12.1 Å². The van der Waals surface area contributed by atoms with Crippen LogP contribution in [0, 0.1) is 12.8 Å². The summed E-state index contributed by atoms with van der Waals surface area (Å²) in [6.45, 7) is 14.6. The van der Waals surface area contributed by atoms with Crippen LogP contribution in [0.5, 0.6) is 5.75 Å². The summed E-state index contributed by atoms with van der Waals surface area (Å²) in [6, 6.07) is 11.3. The summed E-state index contributed by atoms with van der Waals surface area (Å²) in [4.78, 5) is 41.9. The van der Waals surface area contributed by atoms with Crippen LogP contribution < -0.4 is 10.6 Å². The molecule has 2 atom stereocenters. The van der Waals surface area contributed by atoms with Crippen LogP contribution in [0.2, 0.25) is 0 Å². The van der Waals surface area contributed by atoms with E-state index in [9.17, 15) is 19.5 Å². The number of carbonyl (C=O) groups is 3. The minimum absolute atomic E-state index is 0.0715. The molecule has 37 heavy (non-hydrogen) atoms. The Morgan fingerprint density at radius 1 is 0.973 bits per heavy atom. The zero-order chi connectivity index (χ0) is 27.9. The highest BCUT2D eigenvalue weighted by Crippen LogP contribution is 2.32. The standard InChI is InChI=1S/C29H41N3O5/c1-18(2)17-23(31-28(36)37-29(6,7)8)27(35)32(19(3)4)25(21-14-10-12-16-24(21)33)26(34)30-22-15-11-9-13-20(22)5/h9-16,18-19,23,25,33H,17H2,1-8H3,(H,30,34)(H,31,36). The van der Waals surface area contributed by atoms with E-state index in [2.05, 4.69) is 10.6 Å². The lowest BCUT2D eigenvalue weighted by molar-refractivity contribution is -0.143. The van der Waals surface area contributed by atoms with Crippen LogP contribution in [0.1, 0.15) is 72.1 Å². The van der Waals surface area contributed by atoms with Crippen molar-refractivity contribution in [1.29, 1.82) is 0 Å². The molecule has 0 fully saturated rings. The van der Waals surface area contributed by atoms with Crippen LogP contribution in [0.3, 0.4) is 0 Å². The summed E-state index contributed by atoms with van der Waals surface area (Å²) in [6.07, 6.45) is -0.368. The largest absolute Gasteiger partial charge is 0.508 e. The Labute approximate surface area is 220 Å². The number of carbonyl (C=O) groups excluding carboxylic acids is 3. The maximum Gasteiger partial charge on any atom is 0.408 e. The van der Waals surface area contributed by atoms with Crippen molar-refractivity contribution in [3.05, 3.63) is 59.7 Å². The predicted octanol–water partition coefficient (Wildman–Crippen LogP) is 5.56. The zero-order valence-electron chi connectivity index (χ0n) is 23.2. The van der Waals surface area contributed by atoms with Crippen molar-refractivity contribution in [2.24, 2.45) is 5.92 Å². The number of benzene rings is 2. The molecule has 3 N–H and O–H groups in total. The molecule has 2 rings (SSSR count). The van der Waals surface area contributed by atoms with Crippen molar-refractivity contribution in [3.63, 3.8) is 0 Å². The van der Waals surface area contributed by atoms with Gasteiger partial charge in [-0.15, -0.1) is 0 Å². The van der Waals surface area contributed by atoms with Gasteiger partial charge in [0.15, 0.2) is 0 Å². The summed E-state index contributed by atoms with van der Waals surface area (Å²) < 4.78 is 5.40. The molecule has 3 amide bonds. The Balaban J connectivity index is 2.54. The Kier molecular flexibility index (Phi) is 10.1. The lowest BCUT2D eigenvalue weighted by atomic mass is 9.97. The number of alkyl carbamates (subject to hydrolysis) is 1. The third kappa shape index (κ3) is 8.51. The molecule has 2 aromatic rings. The highest BCUT2D eigenvalue weighted by Gasteiger charge is 2.39. The van der Waals surface area contributed by atoms with E-state index in [1.165, 1.54) is 11.0 Å². The van der Waals surface area contributed by atoms with Crippen molar-refractivity contribution >= 4 is 23.6 Å². The van der Waals surface area contributed by atoms with Gasteiger partial charge >= 0.3 is 6.09 Å². The fraction of sp³-hybridized carbons (Fsp3) is 0.483. The van der Waals surface area contributed by atoms with Crippen molar-refractivity contribution in [2.75, 3.05) is 5.32 Å². The van der Waals surface area contributed by atoms with Gasteiger partial charge in [0.1, 0.15) is 23.4 Å². The molecule has 0 aliphatic carbocycles. The van der Waals surface area contributed by atoms with E-state index in [-0.39, 0.29) is 17.2 Å². The number of nitrogens with one attached hydrogen (secondary N) is 2. The van der Waals surface area contributed by atoms with Crippen LogP contribution in [0.15, 0.2) is 48.5 Å². The van der Waals surface area contributed by atoms with Crippen molar-refractivity contribution in [3.8, 4) is 5.75 Å². The third-order valence-electron chi connectivity index (χ3n) is 5.67. The molecule has 0 aliphatic rings. The lowest BCUT2D eigenvalue weighted by Gasteiger charge is -2.37. The quantitative estimate of drug-likeness (QED) is 0.409. The summed E-state index contributed by atoms with van der Waals surface area (Å²) >= 11 is 0. The molecule has 0 aliphatic heterocycles. The van der Waals surface area contributed by atoms with Gasteiger partial charge in [0.25, 0.3) is 5.91 Å². The molecular weight excluding hydrogens is 470 g/mol. The monoisotopic (exact) mass is 511 g/mol. The highest BCUT2D eigenvalue weighted by molar-refractivity contribution is 5.99. The summed E-state index contributed by atoms with van der Waals surface area (Å²) in [7, 11) is 0. The second kappa shape index (κ2) is 12.6. The van der Waals surface area contributed by atoms with Gasteiger partial charge in [0, 0.05) is 17.3 Å². The molecule has 0 bridgehead atoms. The van der Waals surface area contributed by atoms with Crippen molar-refractivity contribution in [1.82, 2.24) is 10.2 Å². The Morgan fingerprint density at radius 2 is 1.57 bits per heavy atom. The van der Waals surface area contributed by atoms with Gasteiger partial charge in [-0.3, -0.25) is 9.59 Å². The molecule has 8 nitrogen and oxygen atoms in total. The number of aromatic hydroxyl groups is 1. The fourth-order valence-corrected chi connectivity index (χ4v) is 4.05. The number of para-hydroxylation sites is 2. The van der Waals surface area contributed by atoms with Gasteiger partial charge in [0.05, 0.1) is 0 Å². The van der Waals surface area contributed by atoms with Gasteiger partial charge in [-0.05, 0) is 71.6 Å². The number of phenols is 1. The van der Waals surface area contributed by atoms with Crippen LogP contribution in [-0.2, 0) is 14.3 Å². The molecule has 0 radical (unpaired) electrons. The molecule has 0 aromatic heterocycles. The number of aryl methyl sites for hydroxylation is 1. The first kappa shape index (κ1) is 29.7. The van der Waals surface area contributed by atoms with Gasteiger partial charge in [0.2, 0.25) is 5.91 Å². The first-order chi connectivity index (χ1) is 17.2. The SMILES string of the molecule is Cc1ccccc1NC(=O)C(c1ccccc1O)N(C(=O)C(CC(C)C)NC(=O)OC(C)(C)C)C(C)C. The van der Waals surface area contributed by atoms with Gasteiger partial charge < -0.3 is 25.4 Å². The van der Waals surface area contributed by atoms with Gasteiger partial charge in [-0.25, -0.2) is 4.79 Å². The van der Waals surface area contributed by atoms with Crippen LogP contribution >= 0.6 is 0 Å². The minimum atomic E-state index is -1.15. The normalized spacial score (nSPS) is 13.1. The van der Waals surface area contributed by atoms with Gasteiger partial charge in [-0.1, -0.05) is 50.2 Å². The van der Waals surface area contributed by atoms with E-state index in [0.717, 1.165) is 5.56 Å².